The van der Waals surface area contributed by atoms with E-state index in [0.29, 0.717) is 31.4 Å². The van der Waals surface area contributed by atoms with Gasteiger partial charge in [-0.1, -0.05) is 54.6 Å². The van der Waals surface area contributed by atoms with Gasteiger partial charge in [0.25, 0.3) is 0 Å². The number of carbonyl (C=O) groups excluding carboxylic acids is 2. The number of amides is 2. The Morgan fingerprint density at radius 1 is 1.06 bits per heavy atom. The molecule has 9 nitrogen and oxygen atoms in total. The van der Waals surface area contributed by atoms with Crippen LogP contribution in [0.4, 0.5) is 0 Å². The van der Waals surface area contributed by atoms with Crippen molar-refractivity contribution in [2.24, 2.45) is 5.73 Å². The minimum atomic E-state index is -3.62. The van der Waals surface area contributed by atoms with Gasteiger partial charge in [0, 0.05) is 18.7 Å². The topological polar surface area (TPSA) is 145 Å². The molecule has 3 rings (SSSR count). The molecule has 1 atom stereocenters. The largest absolute Gasteiger partial charge is 0.384 e. The summed E-state index contributed by atoms with van der Waals surface area (Å²) >= 11 is 0. The number of likely N-dealkylation sites (tertiary alicyclic amines) is 1. The first-order valence-electron chi connectivity index (χ1n) is 10.8. The van der Waals surface area contributed by atoms with Crippen LogP contribution < -0.4 is 15.8 Å². The molecule has 0 aromatic heterocycles. The summed E-state index contributed by atoms with van der Waals surface area (Å²) in [5, 5.41) is 10.2. The van der Waals surface area contributed by atoms with Crippen molar-refractivity contribution in [2.45, 2.75) is 31.8 Å². The van der Waals surface area contributed by atoms with Crippen LogP contribution in [0.1, 0.15) is 29.5 Å². The Hall–Kier alpha value is -3.24. The molecule has 0 spiro atoms. The lowest BCUT2D eigenvalue weighted by Gasteiger charge is -2.24. The number of rotatable bonds is 10. The number of nitrogen functional groups attached to an aromatic ring is 1. The third kappa shape index (κ3) is 7.13. The number of hydrogen-bond acceptors (Lipinski definition) is 5. The highest BCUT2D eigenvalue weighted by atomic mass is 32.2. The van der Waals surface area contributed by atoms with Crippen LogP contribution in [0, 0.1) is 5.41 Å². The van der Waals surface area contributed by atoms with Crippen molar-refractivity contribution in [1.82, 2.24) is 14.9 Å². The van der Waals surface area contributed by atoms with Gasteiger partial charge in [-0.15, -0.1) is 0 Å². The molecule has 1 aliphatic rings. The Bertz CT molecular complexity index is 1090. The summed E-state index contributed by atoms with van der Waals surface area (Å²) < 4.78 is 26.9. The van der Waals surface area contributed by atoms with Gasteiger partial charge in [-0.2, -0.15) is 0 Å². The van der Waals surface area contributed by atoms with Gasteiger partial charge in [0.15, 0.2) is 0 Å². The third-order valence-corrected chi connectivity index (χ3v) is 6.88. The van der Waals surface area contributed by atoms with Gasteiger partial charge >= 0.3 is 0 Å². The molecule has 1 heterocycles. The maximum absolute atomic E-state index is 12.7. The average molecular weight is 472 g/mol. The zero-order valence-electron chi connectivity index (χ0n) is 18.3. The molecule has 1 aliphatic heterocycles. The van der Waals surface area contributed by atoms with E-state index in [4.69, 9.17) is 11.1 Å². The maximum Gasteiger partial charge on any atom is 0.243 e. The second-order valence-electron chi connectivity index (χ2n) is 7.95. The number of carbonyl (C=O) groups is 2. The van der Waals surface area contributed by atoms with E-state index in [1.54, 1.807) is 24.3 Å². The van der Waals surface area contributed by atoms with E-state index >= 15 is 0 Å². The molecule has 0 radical (unpaired) electrons. The second kappa shape index (κ2) is 11.1. The van der Waals surface area contributed by atoms with Crippen LogP contribution >= 0.6 is 0 Å². The van der Waals surface area contributed by atoms with Gasteiger partial charge in [0.1, 0.15) is 11.9 Å². The van der Waals surface area contributed by atoms with Gasteiger partial charge in [-0.05, 0) is 30.4 Å². The molecular formula is C23H29N5O4S. The molecule has 2 aromatic rings. The SMILES string of the molecule is N=C(N)c1ccc(CNC(=O)[C@@H]2CCCN2C(=O)CNS(=O)(=O)CCc2ccccc2)cc1. The average Bonchev–Trinajstić information content (AvgIpc) is 3.31. The summed E-state index contributed by atoms with van der Waals surface area (Å²) in [6, 6.07) is 15.6. The third-order valence-electron chi connectivity index (χ3n) is 5.55. The van der Waals surface area contributed by atoms with Gasteiger partial charge in [-0.3, -0.25) is 15.0 Å². The van der Waals surface area contributed by atoms with E-state index in [-0.39, 0.29) is 30.6 Å². The molecule has 0 unspecified atom stereocenters. The van der Waals surface area contributed by atoms with Crippen molar-refractivity contribution in [1.29, 1.82) is 5.41 Å². The molecule has 0 saturated carbocycles. The number of hydrogen-bond donors (Lipinski definition) is 4. The molecular weight excluding hydrogens is 442 g/mol. The van der Waals surface area contributed by atoms with Crippen LogP contribution in [0.3, 0.4) is 0 Å². The smallest absolute Gasteiger partial charge is 0.243 e. The van der Waals surface area contributed by atoms with Crippen molar-refractivity contribution in [3.8, 4) is 0 Å². The highest BCUT2D eigenvalue weighted by molar-refractivity contribution is 7.89. The Kier molecular flexibility index (Phi) is 8.18. The van der Waals surface area contributed by atoms with Crippen LogP contribution in [-0.4, -0.2) is 55.9 Å². The fourth-order valence-electron chi connectivity index (χ4n) is 3.69. The lowest BCUT2D eigenvalue weighted by atomic mass is 10.1. The highest BCUT2D eigenvalue weighted by Gasteiger charge is 2.34. The van der Waals surface area contributed by atoms with Crippen LogP contribution in [0.2, 0.25) is 0 Å². The highest BCUT2D eigenvalue weighted by Crippen LogP contribution is 2.18. The number of aryl methyl sites for hydroxylation is 1. The van der Waals surface area contributed by atoms with Gasteiger partial charge in [0.2, 0.25) is 21.8 Å². The number of nitrogens with two attached hydrogens (primary N) is 1. The summed E-state index contributed by atoms with van der Waals surface area (Å²) in [6.07, 6.45) is 1.56. The van der Waals surface area contributed by atoms with E-state index in [0.717, 1.165) is 11.1 Å². The predicted molar refractivity (Wildman–Crippen MR) is 126 cm³/mol. The molecule has 176 valence electrons. The van der Waals surface area contributed by atoms with Gasteiger partial charge in [0.05, 0.1) is 12.3 Å². The summed E-state index contributed by atoms with van der Waals surface area (Å²) in [7, 11) is -3.62. The first-order chi connectivity index (χ1) is 15.7. The van der Waals surface area contributed by atoms with E-state index in [2.05, 4.69) is 10.0 Å². The molecule has 1 saturated heterocycles. The van der Waals surface area contributed by atoms with Gasteiger partial charge in [-0.25, -0.2) is 13.1 Å². The molecule has 1 fully saturated rings. The van der Waals surface area contributed by atoms with Crippen molar-refractivity contribution in [3.05, 3.63) is 71.3 Å². The van der Waals surface area contributed by atoms with E-state index in [9.17, 15) is 18.0 Å². The van der Waals surface area contributed by atoms with Crippen LogP contribution in [0.5, 0.6) is 0 Å². The van der Waals surface area contributed by atoms with Crippen molar-refractivity contribution >= 4 is 27.7 Å². The first-order valence-corrected chi connectivity index (χ1v) is 12.4. The molecule has 0 aliphatic carbocycles. The minimum absolute atomic E-state index is 0.0265. The zero-order chi connectivity index (χ0) is 23.8. The first kappa shape index (κ1) is 24.4. The van der Waals surface area contributed by atoms with E-state index in [1.165, 1.54) is 4.90 Å². The number of benzene rings is 2. The second-order valence-corrected chi connectivity index (χ2v) is 9.88. The number of nitrogens with one attached hydrogen (secondary N) is 3. The summed E-state index contributed by atoms with van der Waals surface area (Å²) in [6.45, 7) is 0.324. The molecule has 33 heavy (non-hydrogen) atoms. The van der Waals surface area contributed by atoms with Crippen LogP contribution in [0.15, 0.2) is 54.6 Å². The predicted octanol–water partition coefficient (Wildman–Crippen LogP) is 0.740. The Balaban J connectivity index is 1.48. The number of amidine groups is 1. The van der Waals surface area contributed by atoms with Crippen molar-refractivity contribution in [2.75, 3.05) is 18.8 Å². The fraction of sp³-hybridized carbons (Fsp3) is 0.348. The normalized spacial score (nSPS) is 15.9. The van der Waals surface area contributed by atoms with E-state index < -0.39 is 22.0 Å². The summed E-state index contributed by atoms with van der Waals surface area (Å²) in [5.74, 6) is -0.831. The molecule has 5 N–H and O–H groups in total. The van der Waals surface area contributed by atoms with Crippen LogP contribution in [0.25, 0.3) is 0 Å². The fourth-order valence-corrected chi connectivity index (χ4v) is 4.68. The molecule has 2 amide bonds. The van der Waals surface area contributed by atoms with Gasteiger partial charge < -0.3 is 16.0 Å². The number of sulfonamides is 1. The summed E-state index contributed by atoms with van der Waals surface area (Å²) in [4.78, 5) is 26.8. The molecule has 2 aromatic carbocycles. The monoisotopic (exact) mass is 471 g/mol. The molecule has 0 bridgehead atoms. The Morgan fingerprint density at radius 3 is 2.42 bits per heavy atom. The lowest BCUT2D eigenvalue weighted by Crippen LogP contribution is -2.49. The minimum Gasteiger partial charge on any atom is -0.384 e. The van der Waals surface area contributed by atoms with Crippen molar-refractivity contribution < 1.29 is 18.0 Å². The Labute approximate surface area is 193 Å². The molecule has 10 heteroatoms. The lowest BCUT2D eigenvalue weighted by molar-refractivity contribution is -0.137. The zero-order valence-corrected chi connectivity index (χ0v) is 19.1. The number of nitrogens with zero attached hydrogens (tertiary/aromatic N) is 1. The van der Waals surface area contributed by atoms with Crippen LogP contribution in [-0.2, 0) is 32.6 Å². The standard InChI is InChI=1S/C23H29N5O4S/c24-22(25)19-10-8-18(9-11-19)15-26-23(30)20-7-4-13-28(20)21(29)16-27-33(31,32)14-12-17-5-2-1-3-6-17/h1-3,5-6,8-11,20,27H,4,7,12-16H2,(H3,24,25)(H,26,30)/t20-/m0/s1. The Morgan fingerprint density at radius 2 is 1.76 bits per heavy atom. The quantitative estimate of drug-likeness (QED) is 0.298. The summed E-state index contributed by atoms with van der Waals surface area (Å²) in [5.41, 5.74) is 7.79. The van der Waals surface area contributed by atoms with E-state index in [1.807, 2.05) is 30.3 Å². The maximum atomic E-state index is 12.7. The van der Waals surface area contributed by atoms with Crippen molar-refractivity contribution in [3.63, 3.8) is 0 Å².